The Kier molecular flexibility index (Phi) is 23.7. The van der Waals surface area contributed by atoms with Crippen molar-refractivity contribution in [2.75, 3.05) is 13.2 Å². The van der Waals surface area contributed by atoms with Gasteiger partial charge in [0.15, 0.2) is 0 Å². The van der Waals surface area contributed by atoms with Gasteiger partial charge in [0.05, 0.1) is 6.61 Å². The number of unbranched alkanes of at least 4 members (excludes halogenated alkanes) is 18. The summed E-state index contributed by atoms with van der Waals surface area (Å²) in [6, 6.07) is 0. The van der Waals surface area contributed by atoms with E-state index in [4.69, 9.17) is 4.74 Å². The van der Waals surface area contributed by atoms with Crippen molar-refractivity contribution in [1.29, 1.82) is 0 Å². The zero-order valence-corrected chi connectivity index (χ0v) is 19.4. The van der Waals surface area contributed by atoms with Gasteiger partial charge in [-0.15, -0.1) is 0 Å². The van der Waals surface area contributed by atoms with Crippen molar-refractivity contribution in [3.8, 4) is 0 Å². The van der Waals surface area contributed by atoms with Gasteiger partial charge in [0.25, 0.3) is 0 Å². The average molecular weight is 398 g/mol. The summed E-state index contributed by atoms with van der Waals surface area (Å²) < 4.78 is 5.22. The first kappa shape index (κ1) is 27.3. The van der Waals surface area contributed by atoms with Crippen LogP contribution in [0.3, 0.4) is 0 Å². The molecule has 0 heterocycles. The summed E-state index contributed by atoms with van der Waals surface area (Å²) >= 11 is 0. The number of amides is 1. The van der Waals surface area contributed by atoms with Gasteiger partial charge in [-0.1, -0.05) is 129 Å². The van der Waals surface area contributed by atoms with Gasteiger partial charge in [-0.3, -0.25) is 0 Å². The van der Waals surface area contributed by atoms with Crippen LogP contribution in [0.25, 0.3) is 0 Å². The largest absolute Gasteiger partial charge is 0.450 e. The monoisotopic (exact) mass is 397 g/mol. The Morgan fingerprint density at radius 1 is 0.536 bits per heavy atom. The van der Waals surface area contributed by atoms with Crippen LogP contribution in [0.4, 0.5) is 4.79 Å². The highest BCUT2D eigenvalue weighted by atomic mass is 16.5. The van der Waals surface area contributed by atoms with Crippen molar-refractivity contribution in [2.45, 2.75) is 142 Å². The highest BCUT2D eigenvalue weighted by Gasteiger charge is 2.00. The summed E-state index contributed by atoms with van der Waals surface area (Å²) in [4.78, 5) is 11.6. The number of ether oxygens (including phenoxy) is 1. The highest BCUT2D eigenvalue weighted by Crippen LogP contribution is 2.12. The van der Waals surface area contributed by atoms with Gasteiger partial charge >= 0.3 is 6.09 Å². The molecule has 3 nitrogen and oxygen atoms in total. The molecule has 0 aromatic rings. The fourth-order valence-corrected chi connectivity index (χ4v) is 3.61. The first-order chi connectivity index (χ1) is 13.8. The summed E-state index contributed by atoms with van der Waals surface area (Å²) in [7, 11) is 0. The first-order valence-corrected chi connectivity index (χ1v) is 12.7. The molecule has 0 bridgehead atoms. The minimum atomic E-state index is -0.233. The molecule has 28 heavy (non-hydrogen) atoms. The van der Waals surface area contributed by atoms with Crippen LogP contribution in [0.2, 0.25) is 0 Å². The molecule has 0 saturated heterocycles. The second kappa shape index (κ2) is 24.3. The van der Waals surface area contributed by atoms with Crippen molar-refractivity contribution in [3.63, 3.8) is 0 Å². The molecular formula is C25H51NO2. The lowest BCUT2D eigenvalue weighted by Gasteiger charge is -2.07. The van der Waals surface area contributed by atoms with Gasteiger partial charge in [0.2, 0.25) is 0 Å². The molecule has 0 unspecified atom stereocenters. The van der Waals surface area contributed by atoms with Crippen molar-refractivity contribution >= 4 is 6.09 Å². The van der Waals surface area contributed by atoms with Gasteiger partial charge in [-0.2, -0.15) is 0 Å². The summed E-state index contributed by atoms with van der Waals surface area (Å²) in [6.07, 6.45) is 26.2. The molecule has 0 aromatic heterocycles. The maximum Gasteiger partial charge on any atom is 0.407 e. The fourth-order valence-electron chi connectivity index (χ4n) is 3.61. The van der Waals surface area contributed by atoms with E-state index >= 15 is 0 Å². The molecule has 0 spiro atoms. The predicted octanol–water partition coefficient (Wildman–Crippen LogP) is 8.55. The van der Waals surface area contributed by atoms with Crippen molar-refractivity contribution < 1.29 is 9.53 Å². The van der Waals surface area contributed by atoms with Gasteiger partial charge in [0, 0.05) is 6.54 Å². The zero-order chi connectivity index (χ0) is 20.5. The number of hydrogen-bond acceptors (Lipinski definition) is 2. The molecule has 0 aliphatic carbocycles. The highest BCUT2D eigenvalue weighted by molar-refractivity contribution is 5.66. The minimum absolute atomic E-state index is 0.233. The number of carbonyl (C=O) groups is 1. The molecule has 0 fully saturated rings. The van der Waals surface area contributed by atoms with Crippen molar-refractivity contribution in [3.05, 3.63) is 0 Å². The van der Waals surface area contributed by atoms with E-state index in [0.717, 1.165) is 19.4 Å². The topological polar surface area (TPSA) is 38.3 Å². The van der Waals surface area contributed by atoms with Crippen LogP contribution in [-0.2, 0) is 4.74 Å². The number of carbonyl (C=O) groups excluding carboxylic acids is 1. The molecular weight excluding hydrogens is 346 g/mol. The predicted molar refractivity (Wildman–Crippen MR) is 123 cm³/mol. The third-order valence-corrected chi connectivity index (χ3v) is 5.53. The number of hydrogen-bond donors (Lipinski definition) is 1. The van der Waals surface area contributed by atoms with Crippen LogP contribution in [0.15, 0.2) is 0 Å². The van der Waals surface area contributed by atoms with E-state index in [0.29, 0.717) is 6.61 Å². The van der Waals surface area contributed by atoms with Crippen LogP contribution in [0, 0.1) is 0 Å². The molecule has 168 valence electrons. The zero-order valence-electron chi connectivity index (χ0n) is 19.4. The van der Waals surface area contributed by atoms with Gasteiger partial charge in [-0.05, 0) is 12.8 Å². The number of nitrogens with one attached hydrogen (secondary N) is 1. The van der Waals surface area contributed by atoms with Crippen LogP contribution >= 0.6 is 0 Å². The molecule has 1 N–H and O–H groups in total. The molecule has 1 amide bonds. The SMILES string of the molecule is CCCCCCCCCCCCCCCCNC(=O)OCCCCCCCC. The molecule has 0 radical (unpaired) electrons. The second-order valence-corrected chi connectivity index (χ2v) is 8.43. The Hall–Kier alpha value is -0.730. The Morgan fingerprint density at radius 2 is 0.893 bits per heavy atom. The molecule has 0 rings (SSSR count). The standard InChI is InChI=1S/C25H51NO2/c1-3-5-7-9-11-12-13-14-15-16-17-18-19-21-23-26-25(27)28-24-22-20-10-8-6-4-2/h3-24H2,1-2H3,(H,26,27). The third-order valence-electron chi connectivity index (χ3n) is 5.53. The first-order valence-electron chi connectivity index (χ1n) is 12.7. The molecule has 0 aromatic carbocycles. The second-order valence-electron chi connectivity index (χ2n) is 8.43. The van der Waals surface area contributed by atoms with E-state index in [1.165, 1.54) is 116 Å². The Morgan fingerprint density at radius 3 is 1.32 bits per heavy atom. The summed E-state index contributed by atoms with van der Waals surface area (Å²) in [5.74, 6) is 0. The van der Waals surface area contributed by atoms with Crippen LogP contribution in [-0.4, -0.2) is 19.2 Å². The summed E-state index contributed by atoms with van der Waals surface area (Å²) in [6.45, 7) is 5.83. The number of rotatable bonds is 22. The lowest BCUT2D eigenvalue weighted by molar-refractivity contribution is 0.143. The molecule has 0 saturated carbocycles. The smallest absolute Gasteiger partial charge is 0.407 e. The maximum absolute atomic E-state index is 11.6. The molecule has 0 atom stereocenters. The van der Waals surface area contributed by atoms with Gasteiger partial charge in [-0.25, -0.2) is 4.79 Å². The van der Waals surface area contributed by atoms with E-state index in [1.807, 2.05) is 0 Å². The normalized spacial score (nSPS) is 10.9. The third kappa shape index (κ3) is 23.3. The fraction of sp³-hybridized carbons (Fsp3) is 0.960. The van der Waals surface area contributed by atoms with Crippen LogP contribution < -0.4 is 5.32 Å². The average Bonchev–Trinajstić information content (AvgIpc) is 2.70. The summed E-state index contributed by atoms with van der Waals surface area (Å²) in [5.41, 5.74) is 0. The van der Waals surface area contributed by atoms with E-state index in [1.54, 1.807) is 0 Å². The van der Waals surface area contributed by atoms with Crippen molar-refractivity contribution in [2.24, 2.45) is 0 Å². The summed E-state index contributed by atoms with van der Waals surface area (Å²) in [5, 5.41) is 2.88. The lowest BCUT2D eigenvalue weighted by Crippen LogP contribution is -2.25. The Labute approximate surface area is 176 Å². The quantitative estimate of drug-likeness (QED) is 0.186. The Balaban J connectivity index is 3.11. The number of alkyl carbamates (subject to hydrolysis) is 1. The molecule has 0 aliphatic heterocycles. The maximum atomic E-state index is 11.6. The van der Waals surface area contributed by atoms with Crippen LogP contribution in [0.1, 0.15) is 142 Å². The van der Waals surface area contributed by atoms with Crippen LogP contribution in [0.5, 0.6) is 0 Å². The van der Waals surface area contributed by atoms with E-state index < -0.39 is 0 Å². The van der Waals surface area contributed by atoms with Gasteiger partial charge in [0.1, 0.15) is 0 Å². The van der Waals surface area contributed by atoms with E-state index in [9.17, 15) is 4.79 Å². The van der Waals surface area contributed by atoms with Crippen molar-refractivity contribution in [1.82, 2.24) is 5.32 Å². The Bertz CT molecular complexity index is 307. The lowest BCUT2D eigenvalue weighted by atomic mass is 10.0. The molecule has 0 aliphatic rings. The van der Waals surface area contributed by atoms with E-state index in [-0.39, 0.29) is 6.09 Å². The molecule has 3 heteroatoms. The van der Waals surface area contributed by atoms with E-state index in [2.05, 4.69) is 19.2 Å². The van der Waals surface area contributed by atoms with Gasteiger partial charge < -0.3 is 10.1 Å². The minimum Gasteiger partial charge on any atom is -0.450 e.